The van der Waals surface area contributed by atoms with Crippen LogP contribution in [0.4, 0.5) is 0 Å². The number of carbonyl (C=O) groups is 1. The van der Waals surface area contributed by atoms with E-state index in [9.17, 15) is 4.79 Å². The average molecular weight is 354 g/mol. The van der Waals surface area contributed by atoms with Gasteiger partial charge in [0, 0.05) is 31.7 Å². The van der Waals surface area contributed by atoms with E-state index in [0.717, 1.165) is 36.6 Å². The van der Waals surface area contributed by atoms with E-state index >= 15 is 0 Å². The fraction of sp³-hybridized carbons (Fsp3) is 0.368. The van der Waals surface area contributed by atoms with Crippen molar-refractivity contribution in [1.82, 2.24) is 20.0 Å². The molecule has 0 aliphatic carbocycles. The van der Waals surface area contributed by atoms with E-state index in [4.69, 9.17) is 16.3 Å². The molecule has 7 nitrogen and oxygen atoms in total. The summed E-state index contributed by atoms with van der Waals surface area (Å²) >= 11 is 0. The molecule has 0 radical (unpaired) electrons. The summed E-state index contributed by atoms with van der Waals surface area (Å²) in [4.78, 5) is 14.3. The van der Waals surface area contributed by atoms with E-state index in [1.165, 1.54) is 0 Å². The molecule has 0 unspecified atom stereocenters. The number of para-hydroxylation sites is 1. The predicted molar refractivity (Wildman–Crippen MR) is 96.5 cm³/mol. The van der Waals surface area contributed by atoms with Crippen LogP contribution in [0.1, 0.15) is 21.7 Å². The van der Waals surface area contributed by atoms with E-state index in [2.05, 4.69) is 21.2 Å². The summed E-state index contributed by atoms with van der Waals surface area (Å²) in [6, 6.07) is 9.67. The van der Waals surface area contributed by atoms with Crippen LogP contribution in [0.5, 0.6) is 5.75 Å². The molecule has 0 bridgehead atoms. The molecule has 1 aliphatic heterocycles. The molecule has 1 aliphatic rings. The highest BCUT2D eigenvalue weighted by Crippen LogP contribution is 2.22. The molecule has 0 fully saturated rings. The van der Waals surface area contributed by atoms with Crippen LogP contribution in [-0.4, -0.2) is 52.0 Å². The maximum atomic E-state index is 12.0. The van der Waals surface area contributed by atoms with Gasteiger partial charge in [-0.1, -0.05) is 24.1 Å². The van der Waals surface area contributed by atoms with Crippen LogP contribution in [0.3, 0.4) is 0 Å². The summed E-state index contributed by atoms with van der Waals surface area (Å²) in [5.41, 5.74) is 2.46. The molecule has 2 N–H and O–H groups in total. The molecule has 0 spiro atoms. The van der Waals surface area contributed by atoms with Crippen molar-refractivity contribution >= 4 is 5.91 Å². The summed E-state index contributed by atoms with van der Waals surface area (Å²) in [6.07, 6.45) is 5.28. The number of ether oxygens (including phenoxy) is 1. The Balaban J connectivity index is 1.67. The Morgan fingerprint density at radius 2 is 2.23 bits per heavy atom. The third kappa shape index (κ3) is 4.23. The maximum Gasteiger partial charge on any atom is 0.271 e. The van der Waals surface area contributed by atoms with Gasteiger partial charge >= 0.3 is 0 Å². The Morgan fingerprint density at radius 1 is 1.38 bits per heavy atom. The van der Waals surface area contributed by atoms with Crippen molar-refractivity contribution in [3.05, 3.63) is 47.3 Å². The second-order valence-corrected chi connectivity index (χ2v) is 6.03. The monoisotopic (exact) mass is 354 g/mol. The third-order valence-electron chi connectivity index (χ3n) is 4.18. The number of fused-ring (bicyclic) bond motifs is 1. The summed E-state index contributed by atoms with van der Waals surface area (Å²) in [7, 11) is 0. The number of aliphatic hydroxyl groups is 1. The number of hydrogen-bond acceptors (Lipinski definition) is 5. The van der Waals surface area contributed by atoms with Crippen LogP contribution in [0.25, 0.3) is 0 Å². The summed E-state index contributed by atoms with van der Waals surface area (Å²) < 4.78 is 7.48. The molecule has 26 heavy (non-hydrogen) atoms. The molecule has 1 amide bonds. The van der Waals surface area contributed by atoms with Crippen molar-refractivity contribution in [2.24, 2.45) is 0 Å². The van der Waals surface area contributed by atoms with Gasteiger partial charge in [0.2, 0.25) is 0 Å². The van der Waals surface area contributed by atoms with E-state index in [0.29, 0.717) is 12.2 Å². The lowest BCUT2D eigenvalue weighted by Gasteiger charge is -2.28. The highest BCUT2D eigenvalue weighted by molar-refractivity contribution is 5.92. The first-order valence-corrected chi connectivity index (χ1v) is 8.53. The van der Waals surface area contributed by atoms with Gasteiger partial charge < -0.3 is 15.2 Å². The van der Waals surface area contributed by atoms with Crippen LogP contribution >= 0.6 is 0 Å². The highest BCUT2D eigenvalue weighted by atomic mass is 16.5. The minimum absolute atomic E-state index is 0.0890. The number of amides is 1. The van der Waals surface area contributed by atoms with Crippen LogP contribution in [0.2, 0.25) is 0 Å². The second-order valence-electron chi connectivity index (χ2n) is 6.03. The lowest BCUT2D eigenvalue weighted by Crippen LogP contribution is -2.33. The lowest BCUT2D eigenvalue weighted by atomic mass is 10.1. The fourth-order valence-corrected chi connectivity index (χ4v) is 2.96. The topological polar surface area (TPSA) is 79.6 Å². The molecular weight excluding hydrogens is 332 g/mol. The number of rotatable bonds is 7. The van der Waals surface area contributed by atoms with Gasteiger partial charge in [-0.3, -0.25) is 14.4 Å². The predicted octanol–water partition coefficient (Wildman–Crippen LogP) is 0.633. The molecule has 0 saturated heterocycles. The lowest BCUT2D eigenvalue weighted by molar-refractivity contribution is 0.0938. The van der Waals surface area contributed by atoms with Gasteiger partial charge in [0.1, 0.15) is 18.1 Å². The van der Waals surface area contributed by atoms with Gasteiger partial charge in [-0.25, -0.2) is 0 Å². The number of benzene rings is 1. The van der Waals surface area contributed by atoms with Crippen LogP contribution in [0.15, 0.2) is 30.3 Å². The second kappa shape index (κ2) is 8.52. The Bertz CT molecular complexity index is 809. The first kappa shape index (κ1) is 18.0. The number of nitrogens with one attached hydrogen (secondary N) is 1. The Labute approximate surface area is 152 Å². The highest BCUT2D eigenvalue weighted by Gasteiger charge is 2.21. The fourth-order valence-electron chi connectivity index (χ4n) is 2.96. The zero-order valence-corrected chi connectivity index (χ0v) is 14.5. The van der Waals surface area contributed by atoms with Crippen molar-refractivity contribution in [1.29, 1.82) is 0 Å². The number of hydrogen-bond donors (Lipinski definition) is 2. The number of aromatic nitrogens is 2. The van der Waals surface area contributed by atoms with Gasteiger partial charge in [-0.05, 0) is 12.1 Å². The minimum Gasteiger partial charge on any atom is -0.481 e. The van der Waals surface area contributed by atoms with Crippen LogP contribution < -0.4 is 10.1 Å². The van der Waals surface area contributed by atoms with Crippen LogP contribution in [0, 0.1) is 12.3 Å². The SMILES string of the molecule is C#CCOc1ccccc1CN1CCn2nc(C(=O)NCCO)cc2C1. The van der Waals surface area contributed by atoms with Gasteiger partial charge in [0.25, 0.3) is 5.91 Å². The number of carbonyl (C=O) groups excluding carboxylic acids is 1. The van der Waals surface area contributed by atoms with Crippen molar-refractivity contribution in [3.8, 4) is 18.1 Å². The summed E-state index contributed by atoms with van der Waals surface area (Å²) in [5, 5.41) is 15.8. The number of nitrogens with zero attached hydrogens (tertiary/aromatic N) is 3. The minimum atomic E-state index is -0.263. The van der Waals surface area contributed by atoms with Gasteiger partial charge in [0.05, 0.1) is 18.8 Å². The largest absolute Gasteiger partial charge is 0.481 e. The molecule has 7 heteroatoms. The number of terminal acetylenes is 1. The first-order chi connectivity index (χ1) is 12.7. The molecule has 3 rings (SSSR count). The van der Waals surface area contributed by atoms with E-state index in [1.807, 2.05) is 28.9 Å². The molecule has 0 saturated carbocycles. The van der Waals surface area contributed by atoms with Crippen molar-refractivity contribution in [2.45, 2.75) is 19.6 Å². The smallest absolute Gasteiger partial charge is 0.271 e. The van der Waals surface area contributed by atoms with Crippen molar-refractivity contribution in [3.63, 3.8) is 0 Å². The maximum absolute atomic E-state index is 12.0. The van der Waals surface area contributed by atoms with Crippen LogP contribution in [-0.2, 0) is 19.6 Å². The summed E-state index contributed by atoms with van der Waals surface area (Å²) in [6.45, 7) is 3.36. The standard InChI is InChI=1S/C19H22N4O3/c1-2-11-26-18-6-4-3-5-15(18)13-22-8-9-23-16(14-22)12-17(21-23)19(25)20-7-10-24/h1,3-6,12,24H,7-11,13-14H2,(H,20,25). The molecule has 1 aromatic carbocycles. The van der Waals surface area contributed by atoms with E-state index < -0.39 is 0 Å². The number of aliphatic hydroxyl groups excluding tert-OH is 1. The first-order valence-electron chi connectivity index (χ1n) is 8.53. The van der Waals surface area contributed by atoms with Gasteiger partial charge in [-0.15, -0.1) is 6.42 Å². The zero-order chi connectivity index (χ0) is 18.4. The molecule has 136 valence electrons. The molecule has 2 aromatic rings. The third-order valence-corrected chi connectivity index (χ3v) is 4.18. The quantitative estimate of drug-likeness (QED) is 0.713. The van der Waals surface area contributed by atoms with Gasteiger partial charge in [0.15, 0.2) is 0 Å². The van der Waals surface area contributed by atoms with E-state index in [-0.39, 0.29) is 25.7 Å². The average Bonchev–Trinajstić information content (AvgIpc) is 3.09. The molecule has 2 heterocycles. The van der Waals surface area contributed by atoms with Crippen molar-refractivity contribution in [2.75, 3.05) is 26.3 Å². The summed E-state index contributed by atoms with van der Waals surface area (Å²) in [5.74, 6) is 3.02. The molecule has 0 atom stereocenters. The van der Waals surface area contributed by atoms with E-state index in [1.54, 1.807) is 6.07 Å². The van der Waals surface area contributed by atoms with Crippen molar-refractivity contribution < 1.29 is 14.6 Å². The molecular formula is C19H22N4O3. The normalized spacial score (nSPS) is 13.7. The Morgan fingerprint density at radius 3 is 3.04 bits per heavy atom. The zero-order valence-electron chi connectivity index (χ0n) is 14.5. The van der Waals surface area contributed by atoms with Gasteiger partial charge in [-0.2, -0.15) is 5.10 Å². The molecule has 1 aromatic heterocycles. The Hall–Kier alpha value is -2.82. The Kier molecular flexibility index (Phi) is 5.89.